The maximum absolute atomic E-state index is 12.9. The van der Waals surface area contributed by atoms with Crippen LogP contribution in [0, 0.1) is 0 Å². The Balaban J connectivity index is 1.40. The van der Waals surface area contributed by atoms with E-state index in [1.54, 1.807) is 0 Å². The predicted molar refractivity (Wildman–Crippen MR) is 110 cm³/mol. The number of nitrogens with zero attached hydrogens (tertiary/aromatic N) is 1. The molecule has 0 atom stereocenters. The van der Waals surface area contributed by atoms with E-state index in [4.69, 9.17) is 5.11 Å². The molecule has 0 bridgehead atoms. The summed E-state index contributed by atoms with van der Waals surface area (Å²) in [4.78, 5) is 25.7. The maximum Gasteiger partial charge on any atom is 0.307 e. The minimum Gasteiger partial charge on any atom is -0.481 e. The number of carboxylic acids is 1. The molecule has 4 rings (SSSR count). The molecule has 1 aliphatic heterocycles. The zero-order valence-corrected chi connectivity index (χ0v) is 15.7. The van der Waals surface area contributed by atoms with Crippen molar-refractivity contribution < 1.29 is 14.7 Å². The number of carbonyl (C=O) groups excluding carboxylic acids is 1. The Kier molecular flexibility index (Phi) is 5.11. The fourth-order valence-electron chi connectivity index (χ4n) is 4.00. The van der Waals surface area contributed by atoms with Crippen LogP contribution in [0.15, 0.2) is 66.7 Å². The summed E-state index contributed by atoms with van der Waals surface area (Å²) in [7, 11) is 0. The highest BCUT2D eigenvalue weighted by molar-refractivity contribution is 5.98. The Labute approximate surface area is 164 Å². The van der Waals surface area contributed by atoms with Crippen molar-refractivity contribution in [2.45, 2.75) is 25.2 Å². The normalized spacial score (nSPS) is 14.9. The van der Waals surface area contributed by atoms with Crippen LogP contribution in [0.3, 0.4) is 0 Å². The number of fused-ring (bicyclic) bond motifs is 1. The zero-order chi connectivity index (χ0) is 19.5. The third-order valence-electron chi connectivity index (χ3n) is 5.59. The van der Waals surface area contributed by atoms with Crippen molar-refractivity contribution in [3.05, 3.63) is 83.4 Å². The molecule has 3 aromatic rings. The van der Waals surface area contributed by atoms with E-state index in [2.05, 4.69) is 6.07 Å². The van der Waals surface area contributed by atoms with Crippen LogP contribution in [0.25, 0.3) is 10.8 Å². The van der Waals surface area contributed by atoms with Crippen molar-refractivity contribution in [3.8, 4) is 0 Å². The smallest absolute Gasteiger partial charge is 0.307 e. The highest BCUT2D eigenvalue weighted by Gasteiger charge is 2.24. The number of hydrogen-bond donors (Lipinski definition) is 1. The van der Waals surface area contributed by atoms with Crippen LogP contribution in [0.2, 0.25) is 0 Å². The molecule has 0 radical (unpaired) electrons. The lowest BCUT2D eigenvalue weighted by molar-refractivity contribution is -0.136. The van der Waals surface area contributed by atoms with E-state index < -0.39 is 5.97 Å². The number of rotatable bonds is 4. The van der Waals surface area contributed by atoms with Crippen molar-refractivity contribution in [1.82, 2.24) is 4.90 Å². The molecule has 28 heavy (non-hydrogen) atoms. The second-order valence-electron chi connectivity index (χ2n) is 7.44. The molecule has 4 nitrogen and oxygen atoms in total. The molecule has 142 valence electrons. The molecular weight excluding hydrogens is 350 g/mol. The third kappa shape index (κ3) is 3.91. The molecule has 0 aliphatic carbocycles. The van der Waals surface area contributed by atoms with Gasteiger partial charge < -0.3 is 10.0 Å². The number of carbonyl (C=O) groups is 2. The first-order valence-corrected chi connectivity index (χ1v) is 9.69. The predicted octanol–water partition coefficient (Wildman–Crippen LogP) is 4.49. The van der Waals surface area contributed by atoms with Gasteiger partial charge in [0.2, 0.25) is 0 Å². The van der Waals surface area contributed by atoms with Gasteiger partial charge in [-0.2, -0.15) is 0 Å². The van der Waals surface area contributed by atoms with Crippen LogP contribution in [0.1, 0.15) is 40.2 Å². The quantitative estimate of drug-likeness (QED) is 0.733. The SMILES string of the molecule is O=C(O)Cc1ccc(C2CCN(C(=O)c3ccc4ccccc4c3)CC2)cc1. The van der Waals surface area contributed by atoms with Gasteiger partial charge in [0.05, 0.1) is 6.42 Å². The van der Waals surface area contributed by atoms with Gasteiger partial charge in [0.25, 0.3) is 5.91 Å². The van der Waals surface area contributed by atoms with Gasteiger partial charge in [-0.05, 0) is 52.8 Å². The van der Waals surface area contributed by atoms with Gasteiger partial charge in [-0.1, -0.05) is 54.6 Å². The Morgan fingerprint density at radius 2 is 1.57 bits per heavy atom. The molecule has 1 aliphatic rings. The summed E-state index contributed by atoms with van der Waals surface area (Å²) < 4.78 is 0. The minimum atomic E-state index is -0.812. The van der Waals surface area contributed by atoms with Crippen molar-refractivity contribution in [2.24, 2.45) is 0 Å². The summed E-state index contributed by atoms with van der Waals surface area (Å²) in [5.74, 6) is -0.297. The van der Waals surface area contributed by atoms with E-state index in [9.17, 15) is 9.59 Å². The van der Waals surface area contributed by atoms with E-state index in [-0.39, 0.29) is 12.3 Å². The summed E-state index contributed by atoms with van der Waals surface area (Å²) in [6, 6.07) is 21.8. The lowest BCUT2D eigenvalue weighted by Crippen LogP contribution is -2.37. The van der Waals surface area contributed by atoms with Gasteiger partial charge in [-0.15, -0.1) is 0 Å². The Morgan fingerprint density at radius 1 is 0.893 bits per heavy atom. The maximum atomic E-state index is 12.9. The molecule has 0 saturated carbocycles. The standard InChI is InChI=1S/C24H23NO3/c26-23(27)15-17-5-7-19(8-6-17)20-11-13-25(14-12-20)24(28)22-10-9-18-3-1-2-4-21(18)16-22/h1-10,16,20H,11-15H2,(H,26,27). The molecule has 1 N–H and O–H groups in total. The van der Waals surface area contributed by atoms with Crippen molar-refractivity contribution in [2.75, 3.05) is 13.1 Å². The number of amides is 1. The second-order valence-corrected chi connectivity index (χ2v) is 7.44. The van der Waals surface area contributed by atoms with Crippen molar-refractivity contribution >= 4 is 22.6 Å². The summed E-state index contributed by atoms with van der Waals surface area (Å²) in [5.41, 5.74) is 2.79. The van der Waals surface area contributed by atoms with Crippen LogP contribution >= 0.6 is 0 Å². The van der Waals surface area contributed by atoms with E-state index in [0.717, 1.165) is 47.8 Å². The summed E-state index contributed by atoms with van der Waals surface area (Å²) in [6.45, 7) is 1.49. The summed E-state index contributed by atoms with van der Waals surface area (Å²) in [6.07, 6.45) is 1.91. The highest BCUT2D eigenvalue weighted by atomic mass is 16.4. The molecule has 1 amide bonds. The molecule has 0 unspecified atom stereocenters. The Hall–Kier alpha value is -3.14. The van der Waals surface area contributed by atoms with Gasteiger partial charge in [0.15, 0.2) is 0 Å². The largest absolute Gasteiger partial charge is 0.481 e. The van der Waals surface area contributed by atoms with Gasteiger partial charge in [-0.3, -0.25) is 9.59 Å². The summed E-state index contributed by atoms with van der Waals surface area (Å²) in [5, 5.41) is 11.1. The number of carboxylic acid groups (broad SMARTS) is 1. The van der Waals surface area contributed by atoms with Gasteiger partial charge >= 0.3 is 5.97 Å². The molecule has 3 aromatic carbocycles. The van der Waals surface area contributed by atoms with E-state index >= 15 is 0 Å². The van der Waals surface area contributed by atoms with E-state index in [1.807, 2.05) is 65.6 Å². The van der Waals surface area contributed by atoms with Crippen LogP contribution in [0.5, 0.6) is 0 Å². The Bertz CT molecular complexity index is 1000. The average Bonchev–Trinajstić information content (AvgIpc) is 2.73. The molecule has 1 fully saturated rings. The van der Waals surface area contributed by atoms with Gasteiger partial charge in [-0.25, -0.2) is 0 Å². The average molecular weight is 373 g/mol. The van der Waals surface area contributed by atoms with Gasteiger partial charge in [0.1, 0.15) is 0 Å². The number of likely N-dealkylation sites (tertiary alicyclic amines) is 1. The lowest BCUT2D eigenvalue weighted by Gasteiger charge is -2.32. The first-order chi connectivity index (χ1) is 13.6. The number of aliphatic carboxylic acids is 1. The second kappa shape index (κ2) is 7.85. The third-order valence-corrected chi connectivity index (χ3v) is 5.59. The topological polar surface area (TPSA) is 57.6 Å². The van der Waals surface area contributed by atoms with Gasteiger partial charge in [0, 0.05) is 18.7 Å². The number of benzene rings is 3. The molecule has 1 heterocycles. The fraction of sp³-hybridized carbons (Fsp3) is 0.250. The first-order valence-electron chi connectivity index (χ1n) is 9.69. The van der Waals surface area contributed by atoms with Crippen molar-refractivity contribution in [1.29, 1.82) is 0 Å². The number of hydrogen-bond acceptors (Lipinski definition) is 2. The first kappa shape index (κ1) is 18.2. The lowest BCUT2D eigenvalue weighted by atomic mass is 9.88. The molecule has 4 heteroatoms. The van der Waals surface area contributed by atoms with Crippen LogP contribution < -0.4 is 0 Å². The zero-order valence-electron chi connectivity index (χ0n) is 15.7. The molecular formula is C24H23NO3. The van der Waals surface area contributed by atoms with E-state index in [1.165, 1.54) is 5.56 Å². The van der Waals surface area contributed by atoms with Crippen molar-refractivity contribution in [3.63, 3.8) is 0 Å². The monoisotopic (exact) mass is 373 g/mol. The Morgan fingerprint density at radius 3 is 2.25 bits per heavy atom. The minimum absolute atomic E-state index is 0.0545. The summed E-state index contributed by atoms with van der Waals surface area (Å²) >= 11 is 0. The molecule has 0 aromatic heterocycles. The molecule has 0 spiro atoms. The van der Waals surface area contributed by atoms with Crippen LogP contribution in [-0.2, 0) is 11.2 Å². The van der Waals surface area contributed by atoms with E-state index in [0.29, 0.717) is 5.92 Å². The number of piperidine rings is 1. The van der Waals surface area contributed by atoms with Crippen LogP contribution in [0.4, 0.5) is 0 Å². The molecule has 1 saturated heterocycles. The van der Waals surface area contributed by atoms with Crippen LogP contribution in [-0.4, -0.2) is 35.0 Å². The fourth-order valence-corrected chi connectivity index (χ4v) is 4.00. The highest BCUT2D eigenvalue weighted by Crippen LogP contribution is 2.29.